The summed E-state index contributed by atoms with van der Waals surface area (Å²) in [5, 5.41) is 0. The monoisotopic (exact) mass is 152 g/mol. The average molecular weight is 152 g/mol. The van der Waals surface area contributed by atoms with Gasteiger partial charge in [-0.05, 0) is 6.07 Å². The summed E-state index contributed by atoms with van der Waals surface area (Å²) in [4.78, 5) is 0. The van der Waals surface area contributed by atoms with Crippen molar-refractivity contribution in [2.45, 2.75) is 6.61 Å². The number of benzene rings is 1. The van der Waals surface area contributed by atoms with Crippen LogP contribution in [-0.4, -0.2) is 15.0 Å². The van der Waals surface area contributed by atoms with Crippen molar-refractivity contribution in [1.82, 2.24) is 0 Å². The molecule has 0 saturated heterocycles. The third-order valence-electron chi connectivity index (χ3n) is 1.50. The summed E-state index contributed by atoms with van der Waals surface area (Å²) in [5.41, 5.74) is 1.67. The quantitative estimate of drug-likeness (QED) is 0.551. The van der Waals surface area contributed by atoms with Crippen LogP contribution in [0.1, 0.15) is 5.56 Å². The standard InChI is InChI=1S/C8H10BFO/c1-11-5-6-4-7(9)2-3-8(6)10/h2-4H,5,9H2,1H3. The second kappa shape index (κ2) is 3.53. The summed E-state index contributed by atoms with van der Waals surface area (Å²) in [6.45, 7) is 0.341. The van der Waals surface area contributed by atoms with Gasteiger partial charge in [0.15, 0.2) is 0 Å². The molecule has 11 heavy (non-hydrogen) atoms. The first-order chi connectivity index (χ1) is 5.24. The fraction of sp³-hybridized carbons (Fsp3) is 0.250. The van der Waals surface area contributed by atoms with E-state index in [1.807, 2.05) is 7.85 Å². The number of halogens is 1. The molecule has 3 heteroatoms. The van der Waals surface area contributed by atoms with Gasteiger partial charge in [-0.3, -0.25) is 0 Å². The molecule has 0 fully saturated rings. The van der Waals surface area contributed by atoms with Gasteiger partial charge in [-0.2, -0.15) is 0 Å². The van der Waals surface area contributed by atoms with Crippen LogP contribution in [-0.2, 0) is 11.3 Å². The van der Waals surface area contributed by atoms with Crippen LogP contribution >= 0.6 is 0 Å². The highest BCUT2D eigenvalue weighted by Gasteiger charge is 1.99. The minimum atomic E-state index is -0.197. The molecule has 0 aliphatic rings. The zero-order valence-corrected chi connectivity index (χ0v) is 6.73. The summed E-state index contributed by atoms with van der Waals surface area (Å²) in [7, 11) is 3.49. The van der Waals surface area contributed by atoms with Gasteiger partial charge < -0.3 is 4.74 Å². The molecular formula is C8H10BFO. The van der Waals surface area contributed by atoms with Crippen LogP contribution in [0.5, 0.6) is 0 Å². The van der Waals surface area contributed by atoms with Crippen molar-refractivity contribution in [2.24, 2.45) is 0 Å². The van der Waals surface area contributed by atoms with E-state index >= 15 is 0 Å². The van der Waals surface area contributed by atoms with E-state index in [-0.39, 0.29) is 5.82 Å². The van der Waals surface area contributed by atoms with Crippen molar-refractivity contribution >= 4 is 13.3 Å². The zero-order chi connectivity index (χ0) is 8.27. The smallest absolute Gasteiger partial charge is 0.139 e. The average Bonchev–Trinajstić information content (AvgIpc) is 1.98. The molecule has 0 bridgehead atoms. The first kappa shape index (κ1) is 8.27. The number of hydrogen-bond donors (Lipinski definition) is 0. The Balaban J connectivity index is 2.93. The van der Waals surface area contributed by atoms with Crippen LogP contribution in [0.25, 0.3) is 0 Å². The predicted octanol–water partition coefficient (Wildman–Crippen LogP) is 0.230. The Morgan fingerprint density at radius 3 is 2.91 bits per heavy atom. The molecule has 0 aliphatic carbocycles. The maximum atomic E-state index is 12.9. The maximum Gasteiger partial charge on any atom is 0.139 e. The van der Waals surface area contributed by atoms with E-state index in [1.165, 1.54) is 6.07 Å². The van der Waals surface area contributed by atoms with Crippen LogP contribution in [0.4, 0.5) is 4.39 Å². The van der Waals surface area contributed by atoms with E-state index in [9.17, 15) is 4.39 Å². The number of methoxy groups -OCH3 is 1. The molecule has 0 heterocycles. The van der Waals surface area contributed by atoms with Gasteiger partial charge in [0.1, 0.15) is 13.7 Å². The Bertz CT molecular complexity index is 250. The number of rotatable bonds is 2. The lowest BCUT2D eigenvalue weighted by atomic mass is 9.94. The Morgan fingerprint density at radius 2 is 2.27 bits per heavy atom. The van der Waals surface area contributed by atoms with Crippen molar-refractivity contribution in [2.75, 3.05) is 7.11 Å². The molecule has 0 saturated carbocycles. The first-order valence-electron chi connectivity index (χ1n) is 3.48. The van der Waals surface area contributed by atoms with Crippen molar-refractivity contribution in [3.8, 4) is 0 Å². The van der Waals surface area contributed by atoms with E-state index in [2.05, 4.69) is 0 Å². The van der Waals surface area contributed by atoms with Gasteiger partial charge in [0.2, 0.25) is 0 Å². The van der Waals surface area contributed by atoms with E-state index in [0.717, 1.165) is 5.46 Å². The van der Waals surface area contributed by atoms with Crippen molar-refractivity contribution in [3.05, 3.63) is 29.6 Å². The molecule has 0 aliphatic heterocycles. The van der Waals surface area contributed by atoms with Gasteiger partial charge >= 0.3 is 0 Å². The summed E-state index contributed by atoms with van der Waals surface area (Å²) >= 11 is 0. The van der Waals surface area contributed by atoms with Gasteiger partial charge in [0.25, 0.3) is 0 Å². The molecule has 0 spiro atoms. The first-order valence-corrected chi connectivity index (χ1v) is 3.48. The predicted molar refractivity (Wildman–Crippen MR) is 45.3 cm³/mol. The van der Waals surface area contributed by atoms with Crippen LogP contribution in [0.2, 0.25) is 0 Å². The third kappa shape index (κ3) is 2.05. The molecule has 1 nitrogen and oxygen atoms in total. The van der Waals surface area contributed by atoms with Gasteiger partial charge in [-0.1, -0.05) is 17.6 Å². The largest absolute Gasteiger partial charge is 0.380 e. The minimum absolute atomic E-state index is 0.197. The highest BCUT2D eigenvalue weighted by atomic mass is 19.1. The summed E-state index contributed by atoms with van der Waals surface area (Å²) in [6, 6.07) is 5.00. The summed E-state index contributed by atoms with van der Waals surface area (Å²) in [6.07, 6.45) is 0. The molecular weight excluding hydrogens is 142 g/mol. The Kier molecular flexibility index (Phi) is 2.66. The van der Waals surface area contributed by atoms with E-state index in [4.69, 9.17) is 4.74 Å². The maximum absolute atomic E-state index is 12.9. The second-order valence-electron chi connectivity index (χ2n) is 2.53. The van der Waals surface area contributed by atoms with Gasteiger partial charge in [0, 0.05) is 12.7 Å². The molecule has 0 aromatic heterocycles. The van der Waals surface area contributed by atoms with Gasteiger partial charge in [0.05, 0.1) is 6.61 Å². The lowest BCUT2D eigenvalue weighted by Crippen LogP contribution is -2.05. The normalized spacial score (nSPS) is 10.0. The lowest BCUT2D eigenvalue weighted by Gasteiger charge is -2.01. The summed E-state index contributed by atoms with van der Waals surface area (Å²) in [5.74, 6) is -0.197. The van der Waals surface area contributed by atoms with Crippen LogP contribution < -0.4 is 5.46 Å². The molecule has 0 N–H and O–H groups in total. The van der Waals surface area contributed by atoms with Crippen molar-refractivity contribution < 1.29 is 9.13 Å². The summed E-state index contributed by atoms with van der Waals surface area (Å²) < 4.78 is 17.7. The SMILES string of the molecule is Bc1ccc(F)c(COC)c1. The van der Waals surface area contributed by atoms with E-state index in [1.54, 1.807) is 19.2 Å². The Hall–Kier alpha value is -0.825. The van der Waals surface area contributed by atoms with E-state index in [0.29, 0.717) is 12.2 Å². The third-order valence-corrected chi connectivity index (χ3v) is 1.50. The number of ether oxygens (including phenoxy) is 1. The zero-order valence-electron chi connectivity index (χ0n) is 6.73. The lowest BCUT2D eigenvalue weighted by molar-refractivity contribution is 0.181. The molecule has 0 radical (unpaired) electrons. The van der Waals surface area contributed by atoms with Gasteiger partial charge in [-0.15, -0.1) is 0 Å². The Morgan fingerprint density at radius 1 is 1.55 bits per heavy atom. The highest BCUT2D eigenvalue weighted by Crippen LogP contribution is 2.04. The number of hydrogen-bond acceptors (Lipinski definition) is 1. The van der Waals surface area contributed by atoms with Crippen molar-refractivity contribution in [1.29, 1.82) is 0 Å². The second-order valence-corrected chi connectivity index (χ2v) is 2.53. The molecule has 0 atom stereocenters. The van der Waals surface area contributed by atoms with E-state index < -0.39 is 0 Å². The van der Waals surface area contributed by atoms with Crippen LogP contribution in [0, 0.1) is 5.82 Å². The molecule has 1 aromatic carbocycles. The molecule has 0 unspecified atom stereocenters. The van der Waals surface area contributed by atoms with Gasteiger partial charge in [-0.25, -0.2) is 4.39 Å². The fourth-order valence-corrected chi connectivity index (χ4v) is 0.970. The molecule has 58 valence electrons. The fourth-order valence-electron chi connectivity index (χ4n) is 0.970. The minimum Gasteiger partial charge on any atom is -0.380 e. The Labute approximate surface area is 66.6 Å². The molecule has 1 rings (SSSR count). The van der Waals surface area contributed by atoms with Crippen LogP contribution in [0.3, 0.4) is 0 Å². The van der Waals surface area contributed by atoms with Crippen LogP contribution in [0.15, 0.2) is 18.2 Å². The highest BCUT2D eigenvalue weighted by molar-refractivity contribution is 6.32. The van der Waals surface area contributed by atoms with Crippen molar-refractivity contribution in [3.63, 3.8) is 0 Å². The molecule has 1 aromatic rings. The molecule has 0 amide bonds. The topological polar surface area (TPSA) is 9.23 Å².